The van der Waals surface area contributed by atoms with Crippen molar-refractivity contribution in [3.05, 3.63) is 53.6 Å². The summed E-state index contributed by atoms with van der Waals surface area (Å²) in [7, 11) is 0. The molecule has 9 N–H and O–H groups in total. The fourth-order valence-corrected chi connectivity index (χ4v) is 2.77. The summed E-state index contributed by atoms with van der Waals surface area (Å²) in [5, 5.41) is 41.6. The molecule has 0 amide bonds. The van der Waals surface area contributed by atoms with Gasteiger partial charge >= 0.3 is 0 Å². The third-order valence-corrected chi connectivity index (χ3v) is 4.42. The first kappa shape index (κ1) is 23.5. The highest BCUT2D eigenvalue weighted by Gasteiger charge is 2.27. The summed E-state index contributed by atoms with van der Waals surface area (Å²) in [5.41, 5.74) is 5.60. The van der Waals surface area contributed by atoms with Crippen molar-refractivity contribution >= 4 is 5.84 Å². The summed E-state index contributed by atoms with van der Waals surface area (Å²) in [6.45, 7) is 2.69. The molecule has 2 aromatic carbocycles. The maximum atomic E-state index is 9.59. The Hall–Kier alpha value is -2.73. The van der Waals surface area contributed by atoms with Crippen LogP contribution in [0.1, 0.15) is 18.1 Å². The molecular weight excluding hydrogens is 392 g/mol. The van der Waals surface area contributed by atoms with Gasteiger partial charge in [0.05, 0.1) is 12.7 Å². The molecule has 0 saturated carbocycles. The number of ether oxygens (including phenoxy) is 2. The van der Waals surface area contributed by atoms with E-state index in [1.165, 1.54) is 6.92 Å². The Morgan fingerprint density at radius 3 is 2.37 bits per heavy atom. The number of hydrogen-bond donors (Lipinski definition) is 7. The molecular formula is C20H28N4O6. The van der Waals surface area contributed by atoms with Crippen molar-refractivity contribution in [1.82, 2.24) is 5.43 Å². The fraction of sp³-hybridized carbons (Fsp3) is 0.350. The van der Waals surface area contributed by atoms with Gasteiger partial charge in [-0.05, 0) is 48.7 Å². The fourth-order valence-electron chi connectivity index (χ4n) is 2.77. The third kappa shape index (κ3) is 5.89. The molecule has 0 fully saturated rings. The minimum Gasteiger partial charge on any atom is -0.459 e. The minimum atomic E-state index is -1.98. The van der Waals surface area contributed by atoms with Gasteiger partial charge in [-0.15, -0.1) is 0 Å². The van der Waals surface area contributed by atoms with Crippen LogP contribution in [0.5, 0.6) is 5.75 Å². The summed E-state index contributed by atoms with van der Waals surface area (Å²) >= 11 is 0. The molecule has 0 heterocycles. The monoisotopic (exact) mass is 420 g/mol. The van der Waals surface area contributed by atoms with Crippen LogP contribution in [0.4, 0.5) is 0 Å². The molecule has 0 aromatic heterocycles. The summed E-state index contributed by atoms with van der Waals surface area (Å²) < 4.78 is 10.9. The van der Waals surface area contributed by atoms with Gasteiger partial charge < -0.3 is 41.2 Å². The molecule has 0 radical (unpaired) electrons. The van der Waals surface area contributed by atoms with Gasteiger partial charge in [-0.3, -0.25) is 0 Å². The first-order valence-corrected chi connectivity index (χ1v) is 9.23. The maximum absolute atomic E-state index is 9.59. The van der Waals surface area contributed by atoms with Gasteiger partial charge in [-0.2, -0.15) is 5.10 Å². The van der Waals surface area contributed by atoms with Gasteiger partial charge in [0.15, 0.2) is 5.84 Å². The van der Waals surface area contributed by atoms with Crippen LogP contribution < -0.4 is 21.8 Å². The molecule has 30 heavy (non-hydrogen) atoms. The molecule has 0 saturated heterocycles. The highest BCUT2D eigenvalue weighted by atomic mass is 16.7. The Bertz CT molecular complexity index is 859. The number of rotatable bonds is 9. The van der Waals surface area contributed by atoms with Crippen LogP contribution in [0, 0.1) is 6.92 Å². The predicted molar refractivity (Wildman–Crippen MR) is 111 cm³/mol. The van der Waals surface area contributed by atoms with E-state index in [1.54, 1.807) is 19.1 Å². The van der Waals surface area contributed by atoms with Crippen LogP contribution in [-0.4, -0.2) is 57.7 Å². The molecule has 2 aromatic rings. The number of aliphatic hydroxyl groups is 4. The van der Waals surface area contributed by atoms with Gasteiger partial charge in [-0.1, -0.05) is 24.3 Å². The normalized spacial score (nSPS) is 15.0. The van der Waals surface area contributed by atoms with Crippen molar-refractivity contribution in [3.8, 4) is 16.9 Å². The maximum Gasteiger partial charge on any atom is 0.251 e. The molecule has 0 aliphatic carbocycles. The number of aliphatic hydroxyl groups excluding tert-OH is 3. The van der Waals surface area contributed by atoms with Crippen LogP contribution in [0.15, 0.2) is 47.6 Å². The van der Waals surface area contributed by atoms with E-state index in [0.717, 1.165) is 11.1 Å². The molecule has 3 atom stereocenters. The van der Waals surface area contributed by atoms with Crippen molar-refractivity contribution in [2.75, 3.05) is 6.61 Å². The summed E-state index contributed by atoms with van der Waals surface area (Å²) in [6.07, 6.45) is -5.54. The molecule has 164 valence electrons. The first-order chi connectivity index (χ1) is 14.3. The minimum absolute atomic E-state index is 0.335. The lowest BCUT2D eigenvalue weighted by molar-refractivity contribution is -0.250. The second-order valence-corrected chi connectivity index (χ2v) is 6.68. The number of aryl methyl sites for hydroxylation is 1. The van der Waals surface area contributed by atoms with Gasteiger partial charge in [0, 0.05) is 5.56 Å². The van der Waals surface area contributed by atoms with E-state index in [4.69, 9.17) is 21.2 Å². The van der Waals surface area contributed by atoms with E-state index in [9.17, 15) is 20.4 Å². The molecule has 10 nitrogen and oxygen atoms in total. The van der Waals surface area contributed by atoms with Crippen molar-refractivity contribution in [2.45, 2.75) is 38.6 Å². The van der Waals surface area contributed by atoms with E-state index in [-0.39, 0.29) is 0 Å². The van der Waals surface area contributed by atoms with Crippen molar-refractivity contribution in [2.24, 2.45) is 16.8 Å². The van der Waals surface area contributed by atoms with Crippen LogP contribution in [-0.2, 0) is 4.74 Å². The standard InChI is InChI=1S/C20H28N4O6/c1-11-8-14(13-4-3-5-15(9-13)18(23-21)24-22)6-7-16(11)29-20(19(27)28)30-17(10-25)12(2)26/h3-9,12,17,19-20,25-28H,10,21-22H2,1-2H3,(H,23,24). The molecule has 2 rings (SSSR count). The number of hydrazine groups is 1. The van der Waals surface area contributed by atoms with E-state index < -0.39 is 31.4 Å². The van der Waals surface area contributed by atoms with E-state index in [2.05, 4.69) is 10.5 Å². The van der Waals surface area contributed by atoms with Crippen LogP contribution in [0.3, 0.4) is 0 Å². The van der Waals surface area contributed by atoms with Crippen molar-refractivity contribution < 1.29 is 29.9 Å². The van der Waals surface area contributed by atoms with E-state index in [1.807, 2.05) is 30.3 Å². The number of hydrazone groups is 1. The lowest BCUT2D eigenvalue weighted by atomic mass is 10.0. The van der Waals surface area contributed by atoms with Gasteiger partial charge in [0.1, 0.15) is 11.9 Å². The average Bonchev–Trinajstić information content (AvgIpc) is 2.72. The summed E-state index contributed by atoms with van der Waals surface area (Å²) in [5.74, 6) is 11.4. The topological polar surface area (TPSA) is 176 Å². The van der Waals surface area contributed by atoms with Crippen molar-refractivity contribution in [3.63, 3.8) is 0 Å². The molecule has 0 aliphatic rings. The first-order valence-electron chi connectivity index (χ1n) is 9.23. The second-order valence-electron chi connectivity index (χ2n) is 6.68. The Kier molecular flexibility index (Phi) is 8.54. The largest absolute Gasteiger partial charge is 0.459 e. The lowest BCUT2D eigenvalue weighted by Gasteiger charge is -2.27. The van der Waals surface area contributed by atoms with E-state index >= 15 is 0 Å². The Morgan fingerprint density at radius 1 is 1.13 bits per heavy atom. The molecule has 0 bridgehead atoms. The number of nitrogens with one attached hydrogen (secondary N) is 1. The quantitative estimate of drug-likeness (QED) is 0.0928. The van der Waals surface area contributed by atoms with E-state index in [0.29, 0.717) is 22.7 Å². The molecule has 0 spiro atoms. The number of benzene rings is 2. The van der Waals surface area contributed by atoms with Crippen LogP contribution >= 0.6 is 0 Å². The van der Waals surface area contributed by atoms with Crippen molar-refractivity contribution in [1.29, 1.82) is 0 Å². The summed E-state index contributed by atoms with van der Waals surface area (Å²) in [6, 6.07) is 12.7. The van der Waals surface area contributed by atoms with Crippen LogP contribution in [0.2, 0.25) is 0 Å². The number of hydrogen-bond acceptors (Lipinski definition) is 9. The van der Waals surface area contributed by atoms with Gasteiger partial charge in [-0.25, -0.2) is 5.84 Å². The molecule has 10 heteroatoms. The lowest BCUT2D eigenvalue weighted by Crippen LogP contribution is -2.42. The smallest absolute Gasteiger partial charge is 0.251 e. The predicted octanol–water partition coefficient (Wildman–Crippen LogP) is -0.480. The highest BCUT2D eigenvalue weighted by molar-refractivity contribution is 5.99. The number of amidine groups is 1. The zero-order chi connectivity index (χ0) is 22.3. The second kappa shape index (κ2) is 10.9. The van der Waals surface area contributed by atoms with Gasteiger partial charge in [0.2, 0.25) is 6.29 Å². The van der Waals surface area contributed by atoms with Crippen LogP contribution in [0.25, 0.3) is 11.1 Å². The zero-order valence-electron chi connectivity index (χ0n) is 16.8. The molecule has 0 aliphatic heterocycles. The SMILES string of the molecule is Cc1cc(-c2cccc(/C(=N/N)NN)c2)ccc1OC(OC(CO)C(C)O)C(O)O. The molecule has 3 unspecified atom stereocenters. The third-order valence-electron chi connectivity index (χ3n) is 4.42. The Labute approximate surface area is 174 Å². The zero-order valence-corrected chi connectivity index (χ0v) is 16.8. The number of nitrogens with zero attached hydrogens (tertiary/aromatic N) is 1. The number of nitrogens with two attached hydrogens (primary N) is 2. The highest BCUT2D eigenvalue weighted by Crippen LogP contribution is 2.28. The van der Waals surface area contributed by atoms with Gasteiger partial charge in [0.25, 0.3) is 6.29 Å². The Balaban J connectivity index is 2.25. The summed E-state index contributed by atoms with van der Waals surface area (Å²) in [4.78, 5) is 0. The average molecular weight is 420 g/mol. The Morgan fingerprint density at radius 2 is 1.83 bits per heavy atom.